The third-order valence-corrected chi connectivity index (χ3v) is 6.51. The van der Waals surface area contributed by atoms with Gasteiger partial charge in [0.05, 0.1) is 20.9 Å². The molecule has 0 bridgehead atoms. The van der Waals surface area contributed by atoms with Gasteiger partial charge in [0, 0.05) is 17.6 Å². The Kier molecular flexibility index (Phi) is 4.08. The van der Waals surface area contributed by atoms with Gasteiger partial charge < -0.3 is 10.6 Å². The van der Waals surface area contributed by atoms with Gasteiger partial charge in [-0.1, -0.05) is 18.2 Å². The summed E-state index contributed by atoms with van der Waals surface area (Å²) < 4.78 is 40.4. The summed E-state index contributed by atoms with van der Waals surface area (Å²) in [5.74, 6) is -0.986. The van der Waals surface area contributed by atoms with Crippen molar-refractivity contribution in [2.24, 2.45) is 11.1 Å². The van der Waals surface area contributed by atoms with Gasteiger partial charge in [-0.25, -0.2) is 4.98 Å². The van der Waals surface area contributed by atoms with Crippen LogP contribution in [0.15, 0.2) is 24.3 Å². The number of thiazole rings is 1. The first-order valence-electron chi connectivity index (χ1n) is 8.66. The van der Waals surface area contributed by atoms with Gasteiger partial charge in [-0.15, -0.1) is 11.3 Å². The average molecular weight is 408 g/mol. The molecule has 2 aromatic rings. The number of alkyl halides is 3. The smallest absolute Gasteiger partial charge is 0.369 e. The molecule has 4 rings (SSSR count). The minimum absolute atomic E-state index is 0.0416. The number of benzene rings is 1. The maximum Gasteiger partial charge on any atom is 0.417 e. The summed E-state index contributed by atoms with van der Waals surface area (Å²) in [7, 11) is 0. The molecule has 2 N–H and O–H groups in total. The number of rotatable bonds is 3. The number of nitrogens with two attached hydrogens (primary N) is 1. The van der Waals surface area contributed by atoms with Crippen molar-refractivity contribution in [3.8, 4) is 10.4 Å². The van der Waals surface area contributed by atoms with Crippen molar-refractivity contribution in [2.75, 3.05) is 0 Å². The van der Waals surface area contributed by atoms with Crippen LogP contribution in [-0.2, 0) is 11.0 Å². The number of carbonyl (C=O) groups is 2. The van der Waals surface area contributed by atoms with Gasteiger partial charge in [0.1, 0.15) is 5.69 Å². The van der Waals surface area contributed by atoms with Crippen molar-refractivity contribution in [3.63, 3.8) is 0 Å². The summed E-state index contributed by atoms with van der Waals surface area (Å²) in [6.07, 6.45) is -3.75. The Hall–Kier alpha value is -2.42. The molecular weight excluding hydrogens is 391 g/mol. The van der Waals surface area contributed by atoms with Crippen LogP contribution in [0.2, 0.25) is 0 Å². The van der Waals surface area contributed by atoms with Crippen LogP contribution < -0.4 is 5.73 Å². The number of primary amides is 1. The van der Waals surface area contributed by atoms with E-state index in [1.54, 1.807) is 6.92 Å². The number of nitrogens with zero attached hydrogens (tertiary/aromatic N) is 2. The van der Waals surface area contributed by atoms with E-state index in [1.165, 1.54) is 23.1 Å². The lowest BCUT2D eigenvalue weighted by Crippen LogP contribution is -2.37. The topological polar surface area (TPSA) is 76.3 Å². The summed E-state index contributed by atoms with van der Waals surface area (Å²) in [6.45, 7) is 5.57. The Morgan fingerprint density at radius 1 is 1.32 bits per heavy atom. The molecule has 0 spiro atoms. The predicted molar refractivity (Wildman–Crippen MR) is 97.3 cm³/mol. The Labute approximate surface area is 163 Å². The molecule has 2 amide bonds. The normalized spacial score (nSPS) is 26.2. The summed E-state index contributed by atoms with van der Waals surface area (Å²) in [5.41, 5.74) is 3.77. The number of fused-ring (bicyclic) bond motifs is 1. The van der Waals surface area contributed by atoms with E-state index in [4.69, 9.17) is 5.73 Å². The summed E-state index contributed by atoms with van der Waals surface area (Å²) >= 11 is 1.04. The molecule has 1 saturated heterocycles. The maximum absolute atomic E-state index is 13.5. The van der Waals surface area contributed by atoms with Crippen LogP contribution in [0.3, 0.4) is 0 Å². The fourth-order valence-corrected chi connectivity index (χ4v) is 5.07. The van der Waals surface area contributed by atoms with Crippen LogP contribution in [0.4, 0.5) is 13.2 Å². The van der Waals surface area contributed by atoms with Gasteiger partial charge in [0.25, 0.3) is 5.91 Å². The molecule has 147 valence electrons. The van der Waals surface area contributed by atoms with Crippen LogP contribution in [-0.4, -0.2) is 33.8 Å². The first-order chi connectivity index (χ1) is 13.1. The van der Waals surface area contributed by atoms with E-state index in [1.807, 2.05) is 0 Å². The van der Waals surface area contributed by atoms with Crippen LogP contribution in [0, 0.1) is 19.3 Å². The molecule has 1 saturated carbocycles. The second-order valence-corrected chi connectivity index (χ2v) is 8.47. The highest BCUT2D eigenvalue weighted by Crippen LogP contribution is 2.59. The van der Waals surface area contributed by atoms with E-state index >= 15 is 0 Å². The van der Waals surface area contributed by atoms with Gasteiger partial charge in [0.2, 0.25) is 5.91 Å². The van der Waals surface area contributed by atoms with Crippen molar-refractivity contribution in [1.82, 2.24) is 9.88 Å². The Bertz CT molecular complexity index is 987. The zero-order valence-corrected chi connectivity index (χ0v) is 15.7. The van der Waals surface area contributed by atoms with Gasteiger partial charge in [-0.05, 0) is 32.8 Å². The molecule has 3 atom stereocenters. The van der Waals surface area contributed by atoms with Gasteiger partial charge in [0.15, 0.2) is 0 Å². The van der Waals surface area contributed by atoms with E-state index in [0.717, 1.165) is 17.4 Å². The van der Waals surface area contributed by atoms with Crippen molar-refractivity contribution in [2.45, 2.75) is 38.0 Å². The Morgan fingerprint density at radius 3 is 2.61 bits per heavy atom. The van der Waals surface area contributed by atoms with Crippen molar-refractivity contribution >= 4 is 23.2 Å². The highest BCUT2D eigenvalue weighted by Gasteiger charge is 2.68. The van der Waals surface area contributed by atoms with Crippen molar-refractivity contribution in [1.29, 1.82) is 0 Å². The van der Waals surface area contributed by atoms with Gasteiger partial charge in [-0.3, -0.25) is 9.59 Å². The maximum atomic E-state index is 13.5. The number of amides is 2. The molecule has 1 radical (unpaired) electrons. The number of hydrogen-bond acceptors (Lipinski definition) is 4. The zero-order valence-electron chi connectivity index (χ0n) is 14.9. The molecule has 5 nitrogen and oxygen atoms in total. The molecule has 1 aliphatic heterocycles. The fourth-order valence-electron chi connectivity index (χ4n) is 4.12. The van der Waals surface area contributed by atoms with Gasteiger partial charge in [-0.2, -0.15) is 13.2 Å². The zero-order chi connectivity index (χ0) is 20.4. The lowest BCUT2D eigenvalue weighted by atomic mass is 10.00. The largest absolute Gasteiger partial charge is 0.417 e. The highest BCUT2D eigenvalue weighted by atomic mass is 32.1. The van der Waals surface area contributed by atoms with E-state index < -0.39 is 35.0 Å². The van der Waals surface area contributed by atoms with Crippen LogP contribution >= 0.6 is 11.3 Å². The number of piperidine rings is 1. The molecule has 28 heavy (non-hydrogen) atoms. The molecule has 0 unspecified atom stereocenters. The van der Waals surface area contributed by atoms with E-state index in [9.17, 15) is 22.8 Å². The first kappa shape index (κ1) is 18.9. The summed E-state index contributed by atoms with van der Waals surface area (Å²) in [5, 5.41) is 0.479. The Morgan fingerprint density at radius 2 is 2.00 bits per heavy atom. The second-order valence-electron chi connectivity index (χ2n) is 7.26. The van der Waals surface area contributed by atoms with Crippen LogP contribution in [0.5, 0.6) is 0 Å². The van der Waals surface area contributed by atoms with Crippen molar-refractivity contribution in [3.05, 3.63) is 47.5 Å². The number of aryl methyl sites for hydroxylation is 1. The van der Waals surface area contributed by atoms with Crippen molar-refractivity contribution < 1.29 is 22.8 Å². The Balaban J connectivity index is 1.77. The van der Waals surface area contributed by atoms with Gasteiger partial charge >= 0.3 is 6.18 Å². The van der Waals surface area contributed by atoms with E-state index in [0.29, 0.717) is 17.8 Å². The molecule has 2 heterocycles. The number of hydrogen-bond donors (Lipinski definition) is 1. The first-order valence-corrected chi connectivity index (χ1v) is 9.47. The molecule has 9 heteroatoms. The second kappa shape index (κ2) is 6.04. The lowest BCUT2D eigenvalue weighted by Gasteiger charge is -2.24. The van der Waals surface area contributed by atoms with E-state index in [2.05, 4.69) is 11.9 Å². The standard InChI is InChI=1S/C19H17F3N3O2S/c1-9-7-18(17(23)27)8-13(18)25(9)16(26)14-15(28-10(2)24-14)11-5-3-4-6-12(11)19(20,21)22/h3-6,9,13H,1,7-8H2,2H3,(H2,23,27)/t9-,13-,18+/m0/s1. The number of halogens is 3. The molecular formula is C19H17F3N3O2S. The molecule has 2 fully saturated rings. The highest BCUT2D eigenvalue weighted by molar-refractivity contribution is 7.15. The summed E-state index contributed by atoms with van der Waals surface area (Å²) in [6, 6.07) is 4.27. The number of likely N-dealkylation sites (tertiary alicyclic amines) is 1. The number of aromatic nitrogens is 1. The quantitative estimate of drug-likeness (QED) is 0.845. The third-order valence-electron chi connectivity index (χ3n) is 5.50. The average Bonchev–Trinajstić information content (AvgIpc) is 3.05. The SMILES string of the molecule is [CH2][C@H]1C[C@@]2(C(N)=O)C[C@@H]2N1C(=O)c1nc(C)sc1-c1ccccc1C(F)(F)F. The molecule has 1 aliphatic carbocycles. The minimum Gasteiger partial charge on any atom is -0.369 e. The molecule has 1 aromatic heterocycles. The minimum atomic E-state index is -4.56. The summed E-state index contributed by atoms with van der Waals surface area (Å²) in [4.78, 5) is 30.9. The van der Waals surface area contributed by atoms with Crippen LogP contribution in [0.25, 0.3) is 10.4 Å². The molecule has 2 aliphatic rings. The molecule has 1 aromatic carbocycles. The lowest BCUT2D eigenvalue weighted by molar-refractivity contribution is -0.137. The van der Waals surface area contributed by atoms with Crippen LogP contribution in [0.1, 0.15) is 33.9 Å². The van der Waals surface area contributed by atoms with E-state index in [-0.39, 0.29) is 22.2 Å². The third kappa shape index (κ3) is 2.71. The number of carbonyl (C=O) groups excluding carboxylic acids is 2. The monoisotopic (exact) mass is 408 g/mol. The fraction of sp³-hybridized carbons (Fsp3) is 0.368. The predicted octanol–water partition coefficient (Wildman–Crippen LogP) is 3.43.